The third-order valence-electron chi connectivity index (χ3n) is 3.63. The number of rotatable bonds is 4. The Bertz CT molecular complexity index is 664. The second-order valence-electron chi connectivity index (χ2n) is 5.39. The molecule has 0 radical (unpaired) electrons. The third kappa shape index (κ3) is 4.23. The van der Waals surface area contributed by atoms with E-state index >= 15 is 0 Å². The van der Waals surface area contributed by atoms with E-state index in [0.717, 1.165) is 31.2 Å². The Hall–Kier alpha value is -1.54. The fourth-order valence-corrected chi connectivity index (χ4v) is 3.04. The molecule has 5 nitrogen and oxygen atoms in total. The van der Waals surface area contributed by atoms with Gasteiger partial charge in [0, 0.05) is 25.2 Å². The fourth-order valence-electron chi connectivity index (χ4n) is 2.55. The highest BCUT2D eigenvalue weighted by Crippen LogP contribution is 2.21. The number of nitrogens with zero attached hydrogens (tertiary/aromatic N) is 1. The lowest BCUT2D eigenvalue weighted by molar-refractivity contribution is 0.0614. The maximum absolute atomic E-state index is 13.8. The Kier molecular flexibility index (Phi) is 5.12. The van der Waals surface area contributed by atoms with Gasteiger partial charge in [-0.25, -0.2) is 21.9 Å². The normalized spacial score (nSPS) is 19.2. The first-order chi connectivity index (χ1) is 10.3. The summed E-state index contributed by atoms with van der Waals surface area (Å²) in [4.78, 5) is 13.9. The molecule has 0 unspecified atom stereocenters. The van der Waals surface area contributed by atoms with Crippen LogP contribution < -0.4 is 4.72 Å². The Morgan fingerprint density at radius 1 is 1.36 bits per heavy atom. The highest BCUT2D eigenvalue weighted by atomic mass is 32.2. The molecule has 1 aromatic carbocycles. The van der Waals surface area contributed by atoms with E-state index in [1.165, 1.54) is 4.90 Å². The highest BCUT2D eigenvalue weighted by Gasteiger charge is 2.29. The van der Waals surface area contributed by atoms with Crippen molar-refractivity contribution in [2.45, 2.75) is 25.3 Å². The van der Waals surface area contributed by atoms with Crippen molar-refractivity contribution < 1.29 is 22.0 Å². The van der Waals surface area contributed by atoms with E-state index in [9.17, 15) is 22.0 Å². The predicted molar refractivity (Wildman–Crippen MR) is 77.9 cm³/mol. The van der Waals surface area contributed by atoms with Crippen molar-refractivity contribution >= 4 is 15.9 Å². The molecule has 1 amide bonds. The van der Waals surface area contributed by atoms with Crippen molar-refractivity contribution in [1.29, 1.82) is 0 Å². The first kappa shape index (κ1) is 16.8. The van der Waals surface area contributed by atoms with Gasteiger partial charge in [0.15, 0.2) is 0 Å². The summed E-state index contributed by atoms with van der Waals surface area (Å²) in [7, 11) is -3.36. The number of piperidine rings is 1. The molecule has 1 atom stereocenters. The quantitative estimate of drug-likeness (QED) is 0.909. The summed E-state index contributed by atoms with van der Waals surface area (Å²) < 4.78 is 51.5. The van der Waals surface area contributed by atoms with E-state index in [2.05, 4.69) is 4.72 Å². The maximum atomic E-state index is 13.8. The molecule has 0 aromatic heterocycles. The van der Waals surface area contributed by atoms with E-state index in [0.29, 0.717) is 19.0 Å². The second-order valence-corrected chi connectivity index (χ2v) is 7.23. The molecule has 22 heavy (non-hydrogen) atoms. The van der Waals surface area contributed by atoms with Crippen LogP contribution in [0, 0.1) is 11.6 Å². The Morgan fingerprint density at radius 2 is 2.09 bits per heavy atom. The largest absolute Gasteiger partial charge is 0.334 e. The van der Waals surface area contributed by atoms with Gasteiger partial charge in [-0.05, 0) is 31.4 Å². The van der Waals surface area contributed by atoms with Gasteiger partial charge in [0.1, 0.15) is 11.6 Å². The zero-order valence-corrected chi connectivity index (χ0v) is 13.0. The number of sulfonamides is 1. The van der Waals surface area contributed by atoms with Crippen molar-refractivity contribution in [2.75, 3.05) is 19.3 Å². The van der Waals surface area contributed by atoms with Crippen LogP contribution in [0.2, 0.25) is 0 Å². The van der Waals surface area contributed by atoms with Crippen LogP contribution in [-0.2, 0) is 10.0 Å². The summed E-state index contributed by atoms with van der Waals surface area (Å²) in [5.74, 6) is -2.20. The lowest BCUT2D eigenvalue weighted by atomic mass is 10.0. The first-order valence-electron chi connectivity index (χ1n) is 6.98. The van der Waals surface area contributed by atoms with E-state index in [4.69, 9.17) is 0 Å². The van der Waals surface area contributed by atoms with Crippen LogP contribution >= 0.6 is 0 Å². The van der Waals surface area contributed by atoms with Gasteiger partial charge in [-0.2, -0.15) is 0 Å². The predicted octanol–water partition coefficient (Wildman–Crippen LogP) is 1.51. The summed E-state index contributed by atoms with van der Waals surface area (Å²) in [6.45, 7) is 0.513. The summed E-state index contributed by atoms with van der Waals surface area (Å²) in [5, 5.41) is 0. The van der Waals surface area contributed by atoms with Crippen LogP contribution in [0.4, 0.5) is 8.78 Å². The van der Waals surface area contributed by atoms with Gasteiger partial charge in [-0.15, -0.1) is 0 Å². The highest BCUT2D eigenvalue weighted by molar-refractivity contribution is 7.88. The smallest absolute Gasteiger partial charge is 0.257 e. The first-order valence-corrected chi connectivity index (χ1v) is 8.88. The van der Waals surface area contributed by atoms with Crippen LogP contribution in [0.3, 0.4) is 0 Å². The standard InChI is InChI=1S/C14H18F2N2O3S/c1-22(20,21)17-9-11-4-2-3-7-18(11)14(19)12-6-5-10(15)8-13(12)16/h5-6,8,11,17H,2-4,7,9H2,1H3/t11-/m1/s1. The van der Waals surface area contributed by atoms with Crippen LogP contribution in [0.5, 0.6) is 0 Å². The zero-order valence-electron chi connectivity index (χ0n) is 12.2. The number of carbonyl (C=O) groups is 1. The van der Waals surface area contributed by atoms with Gasteiger partial charge >= 0.3 is 0 Å². The Morgan fingerprint density at radius 3 is 2.73 bits per heavy atom. The van der Waals surface area contributed by atoms with Gasteiger partial charge in [0.2, 0.25) is 10.0 Å². The van der Waals surface area contributed by atoms with Gasteiger partial charge in [0.05, 0.1) is 11.8 Å². The number of nitrogens with one attached hydrogen (secondary N) is 1. The molecule has 1 heterocycles. The number of hydrogen-bond acceptors (Lipinski definition) is 3. The van der Waals surface area contributed by atoms with E-state index in [1.54, 1.807) is 0 Å². The van der Waals surface area contributed by atoms with Crippen molar-refractivity contribution in [3.05, 3.63) is 35.4 Å². The van der Waals surface area contributed by atoms with E-state index in [-0.39, 0.29) is 18.2 Å². The van der Waals surface area contributed by atoms with E-state index in [1.807, 2.05) is 0 Å². The minimum absolute atomic E-state index is 0.0907. The third-order valence-corrected chi connectivity index (χ3v) is 4.32. The van der Waals surface area contributed by atoms with Crippen molar-refractivity contribution in [1.82, 2.24) is 9.62 Å². The fraction of sp³-hybridized carbons (Fsp3) is 0.500. The summed E-state index contributed by atoms with van der Waals surface area (Å²) in [5.41, 5.74) is -0.201. The van der Waals surface area contributed by atoms with Gasteiger partial charge < -0.3 is 4.90 Å². The number of amides is 1. The zero-order chi connectivity index (χ0) is 16.3. The minimum atomic E-state index is -3.36. The molecule has 1 N–H and O–H groups in total. The number of carbonyl (C=O) groups excluding carboxylic acids is 1. The topological polar surface area (TPSA) is 66.5 Å². The second kappa shape index (κ2) is 6.70. The molecule has 8 heteroatoms. The lowest BCUT2D eigenvalue weighted by Crippen LogP contribution is -2.49. The molecule has 1 aliphatic heterocycles. The molecule has 1 fully saturated rings. The van der Waals surface area contributed by atoms with Gasteiger partial charge in [-0.3, -0.25) is 4.79 Å². The van der Waals surface area contributed by atoms with Crippen LogP contribution in [0.15, 0.2) is 18.2 Å². The average molecular weight is 332 g/mol. The van der Waals surface area contributed by atoms with Crippen LogP contribution in [0.25, 0.3) is 0 Å². The maximum Gasteiger partial charge on any atom is 0.257 e. The summed E-state index contributed by atoms with van der Waals surface area (Å²) in [6, 6.07) is 2.48. The van der Waals surface area contributed by atoms with Gasteiger partial charge in [0.25, 0.3) is 5.91 Å². The van der Waals surface area contributed by atoms with Crippen molar-refractivity contribution in [3.8, 4) is 0 Å². The van der Waals surface area contributed by atoms with Crippen LogP contribution in [0.1, 0.15) is 29.6 Å². The molecule has 0 saturated carbocycles. The molecular weight excluding hydrogens is 314 g/mol. The Balaban J connectivity index is 2.17. The number of hydrogen-bond donors (Lipinski definition) is 1. The lowest BCUT2D eigenvalue weighted by Gasteiger charge is -2.35. The van der Waals surface area contributed by atoms with E-state index < -0.39 is 27.6 Å². The molecule has 0 spiro atoms. The molecule has 0 bridgehead atoms. The number of halogens is 2. The SMILES string of the molecule is CS(=O)(=O)NC[C@H]1CCCCN1C(=O)c1ccc(F)cc1F. The Labute approximate surface area is 128 Å². The molecular formula is C14H18F2N2O3S. The molecule has 1 aromatic rings. The van der Waals surface area contributed by atoms with Crippen LogP contribution in [-0.4, -0.2) is 44.6 Å². The molecule has 1 saturated heterocycles. The molecule has 0 aliphatic carbocycles. The minimum Gasteiger partial charge on any atom is -0.334 e. The number of likely N-dealkylation sites (tertiary alicyclic amines) is 1. The molecule has 1 aliphatic rings. The number of benzene rings is 1. The van der Waals surface area contributed by atoms with Crippen molar-refractivity contribution in [3.63, 3.8) is 0 Å². The summed E-state index contributed by atoms with van der Waals surface area (Å²) >= 11 is 0. The van der Waals surface area contributed by atoms with Crippen molar-refractivity contribution in [2.24, 2.45) is 0 Å². The monoisotopic (exact) mass is 332 g/mol. The molecule has 2 rings (SSSR count). The van der Waals surface area contributed by atoms with Gasteiger partial charge in [-0.1, -0.05) is 0 Å². The summed E-state index contributed by atoms with van der Waals surface area (Å²) in [6.07, 6.45) is 3.31. The molecule has 122 valence electrons. The average Bonchev–Trinajstić information content (AvgIpc) is 2.44.